The highest BCUT2D eigenvalue weighted by Gasteiger charge is 2.26. The van der Waals surface area contributed by atoms with Gasteiger partial charge in [-0.1, -0.05) is 29.8 Å². The minimum atomic E-state index is -3.90. The molecule has 0 saturated carbocycles. The molecular formula is C21H17ClN2O4S. The van der Waals surface area contributed by atoms with Gasteiger partial charge in [-0.05, 0) is 53.9 Å². The summed E-state index contributed by atoms with van der Waals surface area (Å²) in [6.45, 7) is -0.115. The van der Waals surface area contributed by atoms with Crippen molar-refractivity contribution in [1.29, 1.82) is 0 Å². The van der Waals surface area contributed by atoms with Gasteiger partial charge < -0.3 is 9.40 Å². The summed E-state index contributed by atoms with van der Waals surface area (Å²) in [5.74, 6) is 0.472. The predicted molar refractivity (Wildman–Crippen MR) is 111 cm³/mol. The van der Waals surface area contributed by atoms with Gasteiger partial charge in [0.15, 0.2) is 0 Å². The lowest BCUT2D eigenvalue weighted by Crippen LogP contribution is -2.32. The van der Waals surface area contributed by atoms with E-state index in [1.807, 2.05) is 18.2 Å². The number of benzene rings is 2. The predicted octanol–water partition coefficient (Wildman–Crippen LogP) is 4.17. The third-order valence-corrected chi connectivity index (χ3v) is 6.60. The van der Waals surface area contributed by atoms with Gasteiger partial charge >= 0.3 is 0 Å². The van der Waals surface area contributed by atoms with Gasteiger partial charge in [-0.25, -0.2) is 8.42 Å². The second kappa shape index (κ2) is 7.87. The fourth-order valence-electron chi connectivity index (χ4n) is 3.06. The molecule has 1 N–H and O–H groups in total. The number of furan rings is 1. The van der Waals surface area contributed by atoms with Crippen LogP contribution in [0.5, 0.6) is 0 Å². The molecule has 29 heavy (non-hydrogen) atoms. The number of para-hydroxylation sites is 1. The zero-order valence-corrected chi connectivity index (χ0v) is 16.8. The first-order valence-electron chi connectivity index (χ1n) is 8.82. The van der Waals surface area contributed by atoms with Crippen LogP contribution in [0.1, 0.15) is 11.3 Å². The van der Waals surface area contributed by atoms with E-state index in [2.05, 4.69) is 4.98 Å². The highest BCUT2D eigenvalue weighted by molar-refractivity contribution is 7.89. The van der Waals surface area contributed by atoms with E-state index >= 15 is 0 Å². The molecule has 4 aromatic rings. The Morgan fingerprint density at radius 1 is 0.966 bits per heavy atom. The molecule has 0 aliphatic carbocycles. The quantitative estimate of drug-likeness (QED) is 0.499. The first-order chi connectivity index (χ1) is 13.9. The van der Waals surface area contributed by atoms with Crippen LogP contribution in [-0.2, 0) is 23.1 Å². The molecule has 0 aliphatic rings. The van der Waals surface area contributed by atoms with E-state index in [-0.39, 0.29) is 23.5 Å². The fraction of sp³-hybridized carbons (Fsp3) is 0.0952. The number of aromatic nitrogens is 1. The number of fused-ring (bicyclic) bond motifs is 1. The number of nitrogens with zero attached hydrogens (tertiary/aromatic N) is 1. The van der Waals surface area contributed by atoms with Gasteiger partial charge in [0, 0.05) is 22.6 Å². The summed E-state index contributed by atoms with van der Waals surface area (Å²) < 4.78 is 33.1. The van der Waals surface area contributed by atoms with E-state index in [1.54, 1.807) is 24.3 Å². The summed E-state index contributed by atoms with van der Waals surface area (Å²) in [5, 5.41) is 1.26. The van der Waals surface area contributed by atoms with Gasteiger partial charge in [-0.3, -0.25) is 4.79 Å². The van der Waals surface area contributed by atoms with Crippen molar-refractivity contribution in [2.75, 3.05) is 0 Å². The molecule has 6 nitrogen and oxygen atoms in total. The van der Waals surface area contributed by atoms with E-state index in [0.717, 1.165) is 5.39 Å². The van der Waals surface area contributed by atoms with Crippen molar-refractivity contribution >= 4 is 32.5 Å². The van der Waals surface area contributed by atoms with Crippen LogP contribution in [-0.4, -0.2) is 17.7 Å². The van der Waals surface area contributed by atoms with Crippen molar-refractivity contribution in [3.8, 4) is 0 Å². The maximum atomic E-state index is 13.3. The number of pyridine rings is 1. The third kappa shape index (κ3) is 4.12. The van der Waals surface area contributed by atoms with E-state index < -0.39 is 10.0 Å². The SMILES string of the molecule is O=c1[nH]c2ccccc2cc1CN(Cc1ccco1)S(=O)(=O)c1ccc(Cl)cc1. The average molecular weight is 429 g/mol. The number of aromatic amines is 1. The van der Waals surface area contributed by atoms with Crippen LogP contribution < -0.4 is 5.56 Å². The lowest BCUT2D eigenvalue weighted by atomic mass is 10.1. The zero-order valence-electron chi connectivity index (χ0n) is 15.2. The topological polar surface area (TPSA) is 83.4 Å². The molecule has 2 aromatic heterocycles. The van der Waals surface area contributed by atoms with E-state index in [9.17, 15) is 13.2 Å². The van der Waals surface area contributed by atoms with E-state index in [0.29, 0.717) is 21.9 Å². The number of nitrogens with one attached hydrogen (secondary N) is 1. The molecule has 0 spiro atoms. The molecule has 0 unspecified atom stereocenters. The molecular weight excluding hydrogens is 412 g/mol. The molecule has 0 amide bonds. The summed E-state index contributed by atoms with van der Waals surface area (Å²) in [7, 11) is -3.90. The molecule has 0 fully saturated rings. The first-order valence-corrected chi connectivity index (χ1v) is 10.6. The minimum Gasteiger partial charge on any atom is -0.468 e. The van der Waals surface area contributed by atoms with Gasteiger partial charge in [0.05, 0.1) is 17.7 Å². The van der Waals surface area contributed by atoms with E-state index in [4.69, 9.17) is 16.0 Å². The van der Waals surface area contributed by atoms with Crippen LogP contribution in [0.15, 0.2) is 87.1 Å². The largest absolute Gasteiger partial charge is 0.468 e. The molecule has 2 heterocycles. The monoisotopic (exact) mass is 428 g/mol. The summed E-state index contributed by atoms with van der Waals surface area (Å²) >= 11 is 5.89. The standard InChI is InChI=1S/C21H17ClN2O4S/c22-17-7-9-19(10-8-17)29(26,27)24(14-18-5-3-11-28-18)13-16-12-15-4-1-2-6-20(15)23-21(16)25/h1-12H,13-14H2,(H,23,25). The van der Waals surface area contributed by atoms with Crippen LogP contribution >= 0.6 is 11.6 Å². The van der Waals surface area contributed by atoms with Gasteiger partial charge in [0.1, 0.15) is 5.76 Å². The first kappa shape index (κ1) is 19.4. The number of halogens is 1. The van der Waals surface area contributed by atoms with Crippen LogP contribution in [0.2, 0.25) is 5.02 Å². The van der Waals surface area contributed by atoms with Gasteiger partial charge in [-0.2, -0.15) is 4.31 Å². The third-order valence-electron chi connectivity index (χ3n) is 4.54. The minimum absolute atomic E-state index is 0.00970. The second-order valence-corrected chi connectivity index (χ2v) is 8.89. The second-order valence-electron chi connectivity index (χ2n) is 6.52. The van der Waals surface area contributed by atoms with Crippen molar-refractivity contribution in [3.63, 3.8) is 0 Å². The Morgan fingerprint density at radius 2 is 1.72 bits per heavy atom. The molecule has 0 saturated heterocycles. The summed E-state index contributed by atoms with van der Waals surface area (Å²) in [4.78, 5) is 15.5. The average Bonchev–Trinajstić information content (AvgIpc) is 3.21. The highest BCUT2D eigenvalue weighted by Crippen LogP contribution is 2.23. The van der Waals surface area contributed by atoms with Gasteiger partial charge in [-0.15, -0.1) is 0 Å². The van der Waals surface area contributed by atoms with Crippen molar-refractivity contribution in [2.45, 2.75) is 18.0 Å². The highest BCUT2D eigenvalue weighted by atomic mass is 35.5. The van der Waals surface area contributed by atoms with Gasteiger partial charge in [0.25, 0.3) is 5.56 Å². The molecule has 0 atom stereocenters. The molecule has 0 radical (unpaired) electrons. The Bertz CT molecular complexity index is 1300. The summed E-state index contributed by atoms with van der Waals surface area (Å²) in [5.41, 5.74) is 0.701. The Morgan fingerprint density at radius 3 is 2.45 bits per heavy atom. The smallest absolute Gasteiger partial charge is 0.252 e. The normalized spacial score (nSPS) is 11.9. The number of hydrogen-bond donors (Lipinski definition) is 1. The Balaban J connectivity index is 1.76. The molecule has 4 rings (SSSR count). The Kier molecular flexibility index (Phi) is 5.27. The maximum Gasteiger partial charge on any atom is 0.252 e. The van der Waals surface area contributed by atoms with Crippen LogP contribution in [0.4, 0.5) is 0 Å². The number of rotatable bonds is 6. The molecule has 8 heteroatoms. The molecule has 0 aliphatic heterocycles. The Hall–Kier alpha value is -2.87. The Labute approximate surface area is 172 Å². The number of sulfonamides is 1. The van der Waals surface area contributed by atoms with Gasteiger partial charge in [0.2, 0.25) is 10.0 Å². The maximum absolute atomic E-state index is 13.3. The summed E-state index contributed by atoms with van der Waals surface area (Å²) in [6.07, 6.45) is 1.48. The number of hydrogen-bond acceptors (Lipinski definition) is 4. The van der Waals surface area contributed by atoms with Crippen LogP contribution in [0.3, 0.4) is 0 Å². The van der Waals surface area contributed by atoms with Crippen molar-refractivity contribution in [2.24, 2.45) is 0 Å². The zero-order chi connectivity index (χ0) is 20.4. The lowest BCUT2D eigenvalue weighted by molar-refractivity contribution is 0.357. The van der Waals surface area contributed by atoms with Crippen molar-refractivity contribution in [1.82, 2.24) is 9.29 Å². The van der Waals surface area contributed by atoms with Crippen molar-refractivity contribution < 1.29 is 12.8 Å². The van der Waals surface area contributed by atoms with E-state index in [1.165, 1.54) is 34.8 Å². The lowest BCUT2D eigenvalue weighted by Gasteiger charge is -2.21. The fourth-order valence-corrected chi connectivity index (χ4v) is 4.57. The van der Waals surface area contributed by atoms with Crippen LogP contribution in [0, 0.1) is 0 Å². The number of H-pyrrole nitrogens is 1. The summed E-state index contributed by atoms with van der Waals surface area (Å²) in [6, 6.07) is 18.3. The molecule has 0 bridgehead atoms. The molecule has 2 aromatic carbocycles. The van der Waals surface area contributed by atoms with Crippen molar-refractivity contribution in [3.05, 3.63) is 99.7 Å². The molecule has 148 valence electrons. The van der Waals surface area contributed by atoms with Crippen LogP contribution in [0.25, 0.3) is 10.9 Å².